The zero-order valence-corrected chi connectivity index (χ0v) is 18.8. The molecule has 2 N–H and O–H groups in total. The van der Waals surface area contributed by atoms with Crippen LogP contribution in [0.3, 0.4) is 0 Å². The largest absolute Gasteiger partial charge is 0.279 e. The minimum Gasteiger partial charge on any atom is -0.273 e. The lowest BCUT2D eigenvalue weighted by Gasteiger charge is -2.30. The second kappa shape index (κ2) is 9.46. The van der Waals surface area contributed by atoms with Crippen LogP contribution in [-0.2, 0) is 27.7 Å². The summed E-state index contributed by atoms with van der Waals surface area (Å²) < 4.78 is 26.7. The molecule has 8 nitrogen and oxygen atoms in total. The third-order valence-corrected chi connectivity index (χ3v) is 8.98. The molecule has 3 heterocycles. The fourth-order valence-corrected chi connectivity index (χ4v) is 6.65. The molecule has 0 aromatic carbocycles. The normalized spacial score (nSPS) is 18.1. The maximum Gasteiger partial charge on any atom is 0.279 e. The van der Waals surface area contributed by atoms with Crippen molar-refractivity contribution in [1.29, 1.82) is 0 Å². The first-order valence-electron chi connectivity index (χ1n) is 10.6. The van der Waals surface area contributed by atoms with Crippen molar-refractivity contribution in [2.24, 2.45) is 5.92 Å². The zero-order chi connectivity index (χ0) is 21.8. The quantitative estimate of drug-likeness (QED) is 0.535. The molecule has 31 heavy (non-hydrogen) atoms. The molecule has 2 aromatic rings. The summed E-state index contributed by atoms with van der Waals surface area (Å²) in [6.45, 7) is 0.502. The minimum absolute atomic E-state index is 0.152. The highest BCUT2D eigenvalue weighted by Gasteiger charge is 2.32. The summed E-state index contributed by atoms with van der Waals surface area (Å²) in [5.74, 6) is -0.936. The van der Waals surface area contributed by atoms with Gasteiger partial charge in [0.25, 0.3) is 5.91 Å². The van der Waals surface area contributed by atoms with Crippen molar-refractivity contribution in [2.45, 2.75) is 49.8 Å². The lowest BCUT2D eigenvalue weighted by Crippen LogP contribution is -2.48. The van der Waals surface area contributed by atoms with Crippen LogP contribution in [0.5, 0.6) is 0 Å². The van der Waals surface area contributed by atoms with Crippen LogP contribution in [0.4, 0.5) is 0 Å². The Hall–Kier alpha value is -2.30. The Morgan fingerprint density at radius 1 is 1.10 bits per heavy atom. The molecule has 0 unspecified atom stereocenters. The fourth-order valence-electron chi connectivity index (χ4n) is 4.07. The first-order chi connectivity index (χ1) is 14.9. The number of hydrogen-bond acceptors (Lipinski definition) is 6. The molecule has 166 valence electrons. The van der Waals surface area contributed by atoms with Crippen LogP contribution < -0.4 is 10.9 Å². The van der Waals surface area contributed by atoms with Gasteiger partial charge in [0, 0.05) is 36.3 Å². The predicted octanol–water partition coefficient (Wildman–Crippen LogP) is 2.27. The first kappa shape index (κ1) is 21.9. The smallest absolute Gasteiger partial charge is 0.273 e. The van der Waals surface area contributed by atoms with Crippen molar-refractivity contribution in [3.05, 3.63) is 45.9 Å². The molecule has 2 aromatic heterocycles. The van der Waals surface area contributed by atoms with Crippen molar-refractivity contribution < 1.29 is 18.0 Å². The average Bonchev–Trinajstić information content (AvgIpc) is 3.08. The van der Waals surface area contributed by atoms with E-state index in [0.29, 0.717) is 17.7 Å². The Balaban J connectivity index is 1.28. The molecular weight excluding hydrogens is 436 g/mol. The second-order valence-electron chi connectivity index (χ2n) is 7.93. The lowest BCUT2D eigenvalue weighted by molar-refractivity contribution is -0.126. The number of thiophene rings is 1. The summed E-state index contributed by atoms with van der Waals surface area (Å²) in [5.41, 5.74) is 6.29. The highest BCUT2D eigenvalue weighted by molar-refractivity contribution is 7.89. The molecule has 0 bridgehead atoms. The van der Waals surface area contributed by atoms with Gasteiger partial charge in [-0.25, -0.2) is 8.42 Å². The van der Waals surface area contributed by atoms with Gasteiger partial charge in [0.15, 0.2) is 0 Å². The Kier molecular flexibility index (Phi) is 6.68. The summed E-state index contributed by atoms with van der Waals surface area (Å²) in [6, 6.07) is 5.04. The van der Waals surface area contributed by atoms with E-state index in [1.807, 2.05) is 6.07 Å². The summed E-state index contributed by atoms with van der Waals surface area (Å²) in [4.78, 5) is 30.9. The van der Waals surface area contributed by atoms with Crippen molar-refractivity contribution in [2.75, 3.05) is 13.1 Å². The molecule has 1 aliphatic carbocycles. The molecule has 0 atom stereocenters. The van der Waals surface area contributed by atoms with Crippen molar-refractivity contribution in [3.8, 4) is 0 Å². The SMILES string of the molecule is O=C(NNC(=O)C1CCN(S(=O)(=O)c2cccnc2)CC1)c1cc2c(s1)CCCCC2. The van der Waals surface area contributed by atoms with E-state index in [1.54, 1.807) is 6.07 Å². The van der Waals surface area contributed by atoms with Crippen LogP contribution >= 0.6 is 11.3 Å². The predicted molar refractivity (Wildman–Crippen MR) is 117 cm³/mol. The van der Waals surface area contributed by atoms with E-state index < -0.39 is 10.0 Å². The van der Waals surface area contributed by atoms with E-state index >= 15 is 0 Å². The van der Waals surface area contributed by atoms with Gasteiger partial charge in [-0.2, -0.15) is 4.31 Å². The number of hydrazine groups is 1. The van der Waals surface area contributed by atoms with Gasteiger partial charge in [0.2, 0.25) is 15.9 Å². The van der Waals surface area contributed by atoms with E-state index in [1.165, 1.54) is 51.0 Å². The number of pyridine rings is 1. The van der Waals surface area contributed by atoms with E-state index in [-0.39, 0.29) is 35.7 Å². The molecule has 1 saturated heterocycles. The number of rotatable bonds is 4. The second-order valence-corrected chi connectivity index (χ2v) is 11.0. The highest BCUT2D eigenvalue weighted by Crippen LogP contribution is 2.29. The van der Waals surface area contributed by atoms with E-state index in [0.717, 1.165) is 25.7 Å². The molecule has 1 fully saturated rings. The number of aryl methyl sites for hydroxylation is 2. The first-order valence-corrected chi connectivity index (χ1v) is 12.8. The molecule has 2 aliphatic rings. The lowest BCUT2D eigenvalue weighted by atomic mass is 9.98. The Morgan fingerprint density at radius 2 is 1.87 bits per heavy atom. The summed E-state index contributed by atoms with van der Waals surface area (Å²) in [7, 11) is -3.61. The number of fused-ring (bicyclic) bond motifs is 1. The molecule has 4 rings (SSSR count). The molecular formula is C21H26N4O4S2. The monoisotopic (exact) mass is 462 g/mol. The minimum atomic E-state index is -3.61. The average molecular weight is 463 g/mol. The number of amides is 2. The summed E-state index contributed by atoms with van der Waals surface area (Å²) in [5, 5.41) is 0. The highest BCUT2D eigenvalue weighted by atomic mass is 32.2. The number of nitrogens with one attached hydrogen (secondary N) is 2. The third kappa shape index (κ3) is 4.97. The number of piperidine rings is 1. The standard InChI is InChI=1S/C21H26N4O4S2/c26-20(23-24-21(27)19-13-16-5-2-1-3-7-18(16)30-19)15-8-11-25(12-9-15)31(28,29)17-6-4-10-22-14-17/h4,6,10,13-15H,1-3,5,7-9,11-12H2,(H,23,26)(H,24,27). The fraction of sp³-hybridized carbons (Fsp3) is 0.476. The van der Waals surface area contributed by atoms with Crippen LogP contribution in [-0.4, -0.2) is 42.6 Å². The number of carbonyl (C=O) groups is 2. The van der Waals surface area contributed by atoms with Crippen molar-refractivity contribution in [3.63, 3.8) is 0 Å². The maximum atomic E-state index is 12.7. The molecule has 1 aliphatic heterocycles. The van der Waals surface area contributed by atoms with Crippen LogP contribution in [0.25, 0.3) is 0 Å². The zero-order valence-electron chi connectivity index (χ0n) is 17.2. The van der Waals surface area contributed by atoms with Crippen molar-refractivity contribution >= 4 is 33.2 Å². The van der Waals surface area contributed by atoms with E-state index in [9.17, 15) is 18.0 Å². The number of nitrogens with zero attached hydrogens (tertiary/aromatic N) is 2. The number of hydrogen-bond donors (Lipinski definition) is 2. The van der Waals surface area contributed by atoms with Crippen LogP contribution in [0, 0.1) is 5.92 Å². The number of carbonyl (C=O) groups excluding carboxylic acids is 2. The van der Waals surface area contributed by atoms with Gasteiger partial charge in [-0.1, -0.05) is 6.42 Å². The van der Waals surface area contributed by atoms with Gasteiger partial charge in [-0.05, 0) is 62.3 Å². The number of sulfonamides is 1. The number of aromatic nitrogens is 1. The molecule has 2 amide bonds. The Morgan fingerprint density at radius 3 is 2.61 bits per heavy atom. The molecule has 10 heteroatoms. The van der Waals surface area contributed by atoms with Gasteiger partial charge in [0.05, 0.1) is 4.88 Å². The van der Waals surface area contributed by atoms with Gasteiger partial charge < -0.3 is 0 Å². The summed E-state index contributed by atoms with van der Waals surface area (Å²) in [6.07, 6.45) is 9.19. The van der Waals surface area contributed by atoms with Gasteiger partial charge in [0.1, 0.15) is 4.90 Å². The van der Waals surface area contributed by atoms with E-state index in [4.69, 9.17) is 0 Å². The van der Waals surface area contributed by atoms with Crippen LogP contribution in [0.15, 0.2) is 35.5 Å². The summed E-state index contributed by atoms with van der Waals surface area (Å²) >= 11 is 1.50. The Bertz CT molecular complexity index is 1020. The molecule has 0 radical (unpaired) electrons. The van der Waals surface area contributed by atoms with Crippen LogP contribution in [0.2, 0.25) is 0 Å². The molecule has 0 spiro atoms. The van der Waals surface area contributed by atoms with Gasteiger partial charge >= 0.3 is 0 Å². The third-order valence-electron chi connectivity index (χ3n) is 5.87. The topological polar surface area (TPSA) is 108 Å². The van der Waals surface area contributed by atoms with E-state index in [2.05, 4.69) is 15.8 Å². The molecule has 0 saturated carbocycles. The maximum absolute atomic E-state index is 12.7. The van der Waals surface area contributed by atoms with Crippen LogP contribution in [0.1, 0.15) is 52.2 Å². The van der Waals surface area contributed by atoms with Gasteiger partial charge in [-0.15, -0.1) is 11.3 Å². The van der Waals surface area contributed by atoms with Gasteiger partial charge in [-0.3, -0.25) is 25.4 Å². The van der Waals surface area contributed by atoms with Crippen molar-refractivity contribution in [1.82, 2.24) is 20.1 Å². The Labute approximate surface area is 186 Å².